The second kappa shape index (κ2) is 11.9. The maximum atomic E-state index is 11.0. The van der Waals surface area contributed by atoms with Crippen molar-refractivity contribution in [2.24, 2.45) is 32.7 Å². The molecule has 0 aromatic rings. The van der Waals surface area contributed by atoms with Crippen molar-refractivity contribution in [1.29, 1.82) is 0 Å². The molecule has 2 rings (SSSR count). The van der Waals surface area contributed by atoms with E-state index in [2.05, 4.69) is 54.5 Å². The fraction of sp³-hybridized carbons (Fsp3) is 0.630. The van der Waals surface area contributed by atoms with Crippen molar-refractivity contribution in [3.63, 3.8) is 0 Å². The van der Waals surface area contributed by atoms with Gasteiger partial charge in [0.2, 0.25) is 12.2 Å². The topological polar surface area (TPSA) is 58.9 Å². The molecule has 0 heterocycles. The van der Waals surface area contributed by atoms with Gasteiger partial charge in [-0.15, -0.1) is 26.3 Å². The third kappa shape index (κ3) is 5.14. The predicted octanol–water partition coefficient (Wildman–Crippen LogP) is 6.66. The smallest absolute Gasteiger partial charge is 0.211 e. The van der Waals surface area contributed by atoms with E-state index in [0.717, 1.165) is 70.6 Å². The van der Waals surface area contributed by atoms with E-state index in [4.69, 9.17) is 0 Å². The van der Waals surface area contributed by atoms with Crippen molar-refractivity contribution in [3.05, 3.63) is 50.6 Å². The Labute approximate surface area is 188 Å². The maximum absolute atomic E-state index is 11.0. The summed E-state index contributed by atoms with van der Waals surface area (Å²) in [6.07, 6.45) is 22.0. The van der Waals surface area contributed by atoms with Gasteiger partial charge < -0.3 is 0 Å². The van der Waals surface area contributed by atoms with Crippen LogP contribution in [0.15, 0.2) is 60.6 Å². The molecular weight excluding hydrogens is 384 g/mol. The summed E-state index contributed by atoms with van der Waals surface area (Å²) in [6, 6.07) is 0.124. The molecule has 0 amide bonds. The van der Waals surface area contributed by atoms with Gasteiger partial charge in [0, 0.05) is 0 Å². The first kappa shape index (κ1) is 25.0. The summed E-state index contributed by atoms with van der Waals surface area (Å²) in [5.41, 5.74) is -0.00422. The Morgan fingerprint density at radius 1 is 0.839 bits per heavy atom. The van der Waals surface area contributed by atoms with Crippen LogP contribution < -0.4 is 0 Å². The first-order valence-electron chi connectivity index (χ1n) is 11.6. The molecule has 2 fully saturated rings. The van der Waals surface area contributed by atoms with Crippen LogP contribution >= 0.6 is 0 Å². The summed E-state index contributed by atoms with van der Waals surface area (Å²) in [6.45, 7) is 16.5. The Hall–Kier alpha value is -2.28. The van der Waals surface area contributed by atoms with Crippen molar-refractivity contribution in [1.82, 2.24) is 0 Å². The van der Waals surface area contributed by atoms with Gasteiger partial charge in [0.15, 0.2) is 0 Å². The second-order valence-electron chi connectivity index (χ2n) is 9.39. The van der Waals surface area contributed by atoms with E-state index in [9.17, 15) is 9.59 Å². The van der Waals surface area contributed by atoms with Crippen molar-refractivity contribution in [2.75, 3.05) is 0 Å². The summed E-state index contributed by atoms with van der Waals surface area (Å²) < 4.78 is 0. The van der Waals surface area contributed by atoms with Gasteiger partial charge in [-0.2, -0.15) is 0 Å². The largest absolute Gasteiger partial charge is 0.235 e. The van der Waals surface area contributed by atoms with Crippen LogP contribution in [-0.4, -0.2) is 24.2 Å². The highest BCUT2D eigenvalue weighted by molar-refractivity contribution is 5.34. The lowest BCUT2D eigenvalue weighted by atomic mass is 9.43. The van der Waals surface area contributed by atoms with E-state index in [1.807, 2.05) is 6.08 Å². The van der Waals surface area contributed by atoms with E-state index < -0.39 is 0 Å². The van der Waals surface area contributed by atoms with Crippen molar-refractivity contribution in [2.45, 2.75) is 82.7 Å². The number of isocyanates is 2. The molecule has 4 heteroatoms. The molecule has 2 saturated carbocycles. The van der Waals surface area contributed by atoms with Gasteiger partial charge in [0.25, 0.3) is 0 Å². The lowest BCUT2D eigenvalue weighted by molar-refractivity contribution is -0.101. The Morgan fingerprint density at radius 3 is 1.97 bits per heavy atom. The van der Waals surface area contributed by atoms with Crippen LogP contribution in [0.5, 0.6) is 0 Å². The van der Waals surface area contributed by atoms with Crippen molar-refractivity contribution >= 4 is 12.2 Å². The summed E-state index contributed by atoms with van der Waals surface area (Å²) >= 11 is 0. The zero-order valence-corrected chi connectivity index (χ0v) is 18.9. The minimum atomic E-state index is -0.00983. The zero-order valence-electron chi connectivity index (χ0n) is 18.9. The van der Waals surface area contributed by atoms with E-state index in [0.29, 0.717) is 11.8 Å². The lowest BCUT2D eigenvalue weighted by Crippen LogP contribution is -2.54. The number of nitrogens with zero attached hydrogens (tertiary/aromatic N) is 2. The Balaban J connectivity index is 2.57. The molecule has 0 bridgehead atoms. The normalized spacial score (nSPS) is 30.8. The standard InChI is InChI=1S/C27H38N2O2/c1-5-9-23-19-25(29-21-31)14-18-27(23,17-8-4)26(15-6-2,16-7-3)22-10-12-24(13-11-22)28-20-30/h5-8,22-25H,1-4,9-19H2. The quantitative estimate of drug-likeness (QED) is 0.200. The van der Waals surface area contributed by atoms with Crippen LogP contribution in [0, 0.1) is 22.7 Å². The molecule has 0 spiro atoms. The van der Waals surface area contributed by atoms with Gasteiger partial charge in [-0.1, -0.05) is 24.3 Å². The van der Waals surface area contributed by atoms with Gasteiger partial charge in [-0.3, -0.25) is 0 Å². The molecule has 3 atom stereocenters. The summed E-state index contributed by atoms with van der Waals surface area (Å²) in [7, 11) is 0. The molecule has 0 saturated heterocycles. The van der Waals surface area contributed by atoms with Crippen molar-refractivity contribution < 1.29 is 9.59 Å². The number of hydrogen-bond donors (Lipinski definition) is 0. The first-order chi connectivity index (χ1) is 15.1. The van der Waals surface area contributed by atoms with Crippen LogP contribution in [0.3, 0.4) is 0 Å². The SMILES string of the molecule is C=CCC1CC(N=C=O)CCC1(CC=C)C(CC=C)(CC=C)C1CCC(N=C=O)CC1. The van der Waals surface area contributed by atoms with E-state index in [1.54, 1.807) is 12.2 Å². The predicted molar refractivity (Wildman–Crippen MR) is 127 cm³/mol. The molecule has 4 nitrogen and oxygen atoms in total. The lowest BCUT2D eigenvalue weighted by Gasteiger charge is -2.61. The van der Waals surface area contributed by atoms with Gasteiger partial charge in [-0.25, -0.2) is 19.6 Å². The minimum Gasteiger partial charge on any atom is -0.211 e. The molecule has 168 valence electrons. The van der Waals surface area contributed by atoms with Gasteiger partial charge in [-0.05, 0) is 93.3 Å². The third-order valence-electron chi connectivity index (χ3n) is 8.18. The molecule has 3 unspecified atom stereocenters. The summed E-state index contributed by atoms with van der Waals surface area (Å²) in [4.78, 5) is 29.8. The van der Waals surface area contributed by atoms with Gasteiger partial charge in [0.05, 0.1) is 12.1 Å². The second-order valence-corrected chi connectivity index (χ2v) is 9.39. The Bertz CT molecular complexity index is 726. The maximum Gasteiger partial charge on any atom is 0.235 e. The van der Waals surface area contributed by atoms with E-state index in [1.165, 1.54) is 0 Å². The number of hydrogen-bond acceptors (Lipinski definition) is 4. The van der Waals surface area contributed by atoms with Crippen LogP contribution in [0.1, 0.15) is 70.6 Å². The number of aliphatic imine (C=N–C) groups is 2. The molecule has 31 heavy (non-hydrogen) atoms. The van der Waals surface area contributed by atoms with Crippen LogP contribution in [0.2, 0.25) is 0 Å². The zero-order chi connectivity index (χ0) is 22.7. The highest BCUT2D eigenvalue weighted by atomic mass is 16.1. The fourth-order valence-corrected chi connectivity index (χ4v) is 6.98. The average Bonchev–Trinajstić information content (AvgIpc) is 2.77. The Kier molecular flexibility index (Phi) is 9.62. The van der Waals surface area contributed by atoms with Gasteiger partial charge in [0.1, 0.15) is 0 Å². The molecule has 0 N–H and O–H groups in total. The van der Waals surface area contributed by atoms with E-state index >= 15 is 0 Å². The monoisotopic (exact) mass is 422 g/mol. The highest BCUT2D eigenvalue weighted by Crippen LogP contribution is 2.65. The fourth-order valence-electron chi connectivity index (χ4n) is 6.98. The summed E-state index contributed by atoms with van der Waals surface area (Å²) in [5, 5.41) is 0. The van der Waals surface area contributed by atoms with Gasteiger partial charge >= 0.3 is 0 Å². The molecular formula is C27H38N2O2. The summed E-state index contributed by atoms with van der Waals surface area (Å²) in [5.74, 6) is 0.837. The third-order valence-corrected chi connectivity index (χ3v) is 8.18. The molecule has 0 aliphatic heterocycles. The Morgan fingerprint density at radius 2 is 1.45 bits per heavy atom. The molecule has 0 radical (unpaired) electrons. The average molecular weight is 423 g/mol. The van der Waals surface area contributed by atoms with Crippen LogP contribution in [0.4, 0.5) is 0 Å². The van der Waals surface area contributed by atoms with Crippen molar-refractivity contribution in [3.8, 4) is 0 Å². The number of carbonyl (C=O) groups excluding carboxylic acids is 2. The highest BCUT2D eigenvalue weighted by Gasteiger charge is 2.58. The molecule has 0 aromatic carbocycles. The van der Waals surface area contributed by atoms with Crippen LogP contribution in [0.25, 0.3) is 0 Å². The van der Waals surface area contributed by atoms with Crippen LogP contribution in [-0.2, 0) is 9.59 Å². The molecule has 0 aromatic heterocycles. The first-order valence-corrected chi connectivity index (χ1v) is 11.6. The number of rotatable bonds is 12. The molecule has 2 aliphatic carbocycles. The molecule has 2 aliphatic rings. The van der Waals surface area contributed by atoms with E-state index in [-0.39, 0.29) is 22.9 Å². The number of allylic oxidation sites excluding steroid dienone is 4. The minimum absolute atomic E-state index is 0.00561.